The number of ketones is 1. The van der Waals surface area contributed by atoms with Crippen LogP contribution in [-0.4, -0.2) is 17.3 Å². The fraction of sp³-hybridized carbons (Fsp3) is 0.105. The third kappa shape index (κ3) is 2.06. The molecule has 1 heterocycles. The van der Waals surface area contributed by atoms with E-state index in [2.05, 4.69) is 5.32 Å². The van der Waals surface area contributed by atoms with Gasteiger partial charge >= 0.3 is 0 Å². The lowest BCUT2D eigenvalue weighted by atomic mass is 9.84. The molecule has 0 unspecified atom stereocenters. The number of para-hydroxylation sites is 1. The Morgan fingerprint density at radius 3 is 2.42 bits per heavy atom. The summed E-state index contributed by atoms with van der Waals surface area (Å²) in [5, 5.41) is 16.4. The van der Waals surface area contributed by atoms with Crippen LogP contribution in [0.5, 0.6) is 0 Å². The molecule has 1 N–H and O–H groups in total. The van der Waals surface area contributed by atoms with Crippen molar-refractivity contribution in [1.29, 1.82) is 0 Å². The summed E-state index contributed by atoms with van der Waals surface area (Å²) in [5.41, 5.74) is 0.376. The normalized spacial score (nSPS) is 19.1. The Hall–Kier alpha value is -3.21. The second-order valence-electron chi connectivity index (χ2n) is 5.96. The quantitative estimate of drug-likeness (QED) is 0.591. The van der Waals surface area contributed by atoms with Crippen LogP contribution >= 0.6 is 0 Å². The van der Waals surface area contributed by atoms with E-state index in [9.17, 15) is 14.9 Å². The zero-order chi connectivity index (χ0) is 16.7. The van der Waals surface area contributed by atoms with E-state index in [0.29, 0.717) is 16.8 Å². The molecular weight excluding hydrogens is 304 g/mol. The van der Waals surface area contributed by atoms with Gasteiger partial charge in [-0.15, -0.1) is 0 Å². The van der Waals surface area contributed by atoms with Gasteiger partial charge in [-0.05, 0) is 34.5 Å². The van der Waals surface area contributed by atoms with E-state index in [4.69, 9.17) is 0 Å². The van der Waals surface area contributed by atoms with E-state index in [1.54, 1.807) is 24.3 Å². The van der Waals surface area contributed by atoms with Crippen molar-refractivity contribution in [2.24, 2.45) is 0 Å². The molecular formula is C19H14N2O3. The zero-order valence-corrected chi connectivity index (χ0v) is 12.7. The summed E-state index contributed by atoms with van der Waals surface area (Å²) in [4.78, 5) is 23.9. The fourth-order valence-corrected chi connectivity index (χ4v) is 3.36. The molecule has 5 heteroatoms. The second kappa shape index (κ2) is 5.16. The van der Waals surface area contributed by atoms with Crippen LogP contribution in [0.1, 0.15) is 15.9 Å². The van der Waals surface area contributed by atoms with Crippen molar-refractivity contribution in [3.63, 3.8) is 0 Å². The van der Waals surface area contributed by atoms with Crippen LogP contribution in [0.25, 0.3) is 10.8 Å². The first-order valence-corrected chi connectivity index (χ1v) is 7.63. The van der Waals surface area contributed by atoms with Crippen molar-refractivity contribution >= 4 is 22.2 Å². The highest BCUT2D eigenvalue weighted by atomic mass is 16.6. The van der Waals surface area contributed by atoms with Crippen LogP contribution in [-0.2, 0) is 5.54 Å². The highest BCUT2D eigenvalue weighted by Crippen LogP contribution is 2.40. The maximum atomic E-state index is 13.0. The van der Waals surface area contributed by atoms with Crippen molar-refractivity contribution in [2.45, 2.75) is 5.54 Å². The Morgan fingerprint density at radius 1 is 0.958 bits per heavy atom. The summed E-state index contributed by atoms with van der Waals surface area (Å²) in [6.07, 6.45) is 0. The van der Waals surface area contributed by atoms with Crippen molar-refractivity contribution in [1.82, 2.24) is 0 Å². The Labute approximate surface area is 138 Å². The molecule has 3 aromatic rings. The maximum Gasteiger partial charge on any atom is 0.238 e. The topological polar surface area (TPSA) is 72.2 Å². The molecule has 0 saturated carbocycles. The summed E-state index contributed by atoms with van der Waals surface area (Å²) in [6.45, 7) is -0.501. The molecule has 1 aliphatic rings. The van der Waals surface area contributed by atoms with Gasteiger partial charge in [0, 0.05) is 16.2 Å². The minimum Gasteiger partial charge on any atom is -0.363 e. The fourth-order valence-electron chi connectivity index (χ4n) is 3.36. The minimum atomic E-state index is -1.36. The van der Waals surface area contributed by atoms with Crippen LogP contribution in [0.15, 0.2) is 66.7 Å². The number of anilines is 1. The molecule has 0 spiro atoms. The molecule has 0 bridgehead atoms. The van der Waals surface area contributed by atoms with Crippen LogP contribution in [0.2, 0.25) is 0 Å². The van der Waals surface area contributed by atoms with Gasteiger partial charge in [0.2, 0.25) is 12.3 Å². The zero-order valence-electron chi connectivity index (χ0n) is 12.7. The van der Waals surface area contributed by atoms with Crippen LogP contribution in [0, 0.1) is 10.1 Å². The van der Waals surface area contributed by atoms with Gasteiger partial charge in [0.15, 0.2) is 5.54 Å². The lowest BCUT2D eigenvalue weighted by Gasteiger charge is -2.25. The molecule has 4 rings (SSSR count). The van der Waals surface area contributed by atoms with Crippen LogP contribution < -0.4 is 5.32 Å². The number of nitro groups is 1. The standard InChI is InChI=1S/C19H14N2O3/c22-18-16-7-3-4-8-17(16)20-19(18,12-21(23)24)15-10-9-13-5-1-2-6-14(13)11-15/h1-11,20H,12H2/t19-/m1/s1. The second-order valence-corrected chi connectivity index (χ2v) is 5.96. The van der Waals surface area contributed by atoms with Crippen molar-refractivity contribution in [3.8, 4) is 0 Å². The molecule has 0 aromatic heterocycles. The van der Waals surface area contributed by atoms with Gasteiger partial charge in [-0.1, -0.05) is 48.5 Å². The maximum absolute atomic E-state index is 13.0. The Balaban J connectivity index is 1.91. The molecule has 0 aliphatic carbocycles. The van der Waals surface area contributed by atoms with Crippen molar-refractivity contribution in [3.05, 3.63) is 88.0 Å². The van der Waals surface area contributed by atoms with E-state index < -0.39 is 17.0 Å². The van der Waals surface area contributed by atoms with Crippen LogP contribution in [0.4, 0.5) is 5.69 Å². The molecule has 0 saturated heterocycles. The number of benzene rings is 3. The average Bonchev–Trinajstić information content (AvgIpc) is 2.87. The van der Waals surface area contributed by atoms with Gasteiger partial charge in [0.05, 0.1) is 0 Å². The van der Waals surface area contributed by atoms with Crippen LogP contribution in [0.3, 0.4) is 0 Å². The predicted molar refractivity (Wildman–Crippen MR) is 91.9 cm³/mol. The average molecular weight is 318 g/mol. The Kier molecular flexibility index (Phi) is 3.09. The van der Waals surface area contributed by atoms with E-state index in [-0.39, 0.29) is 5.78 Å². The first kappa shape index (κ1) is 14.4. The molecule has 3 aromatic carbocycles. The first-order chi connectivity index (χ1) is 11.6. The van der Waals surface area contributed by atoms with E-state index in [0.717, 1.165) is 10.8 Å². The number of nitrogens with zero attached hydrogens (tertiary/aromatic N) is 1. The number of hydrogen-bond acceptors (Lipinski definition) is 4. The Morgan fingerprint density at radius 2 is 1.67 bits per heavy atom. The molecule has 1 aliphatic heterocycles. The summed E-state index contributed by atoms with van der Waals surface area (Å²) in [6, 6.07) is 20.3. The van der Waals surface area contributed by atoms with Gasteiger partial charge in [-0.25, -0.2) is 0 Å². The third-order valence-corrected chi connectivity index (χ3v) is 4.52. The van der Waals surface area contributed by atoms with Gasteiger partial charge in [-0.3, -0.25) is 14.9 Å². The predicted octanol–water partition coefficient (Wildman–Crippen LogP) is 3.62. The molecule has 5 nitrogen and oxygen atoms in total. The summed E-state index contributed by atoms with van der Waals surface area (Å²) in [7, 11) is 0. The number of rotatable bonds is 3. The SMILES string of the molecule is O=C1c2ccccc2N[C@]1(C[N+](=O)[O-])c1ccc2ccccc2c1. The largest absolute Gasteiger partial charge is 0.363 e. The molecule has 0 fully saturated rings. The lowest BCUT2D eigenvalue weighted by molar-refractivity contribution is -0.486. The number of fused-ring (bicyclic) bond motifs is 2. The monoisotopic (exact) mass is 318 g/mol. The van der Waals surface area contributed by atoms with Crippen molar-refractivity contribution in [2.75, 3.05) is 11.9 Å². The van der Waals surface area contributed by atoms with Crippen molar-refractivity contribution < 1.29 is 9.72 Å². The number of nitrogens with one attached hydrogen (secondary N) is 1. The number of carbonyl (C=O) groups is 1. The highest BCUT2D eigenvalue weighted by molar-refractivity contribution is 6.14. The molecule has 1 atom stereocenters. The van der Waals surface area contributed by atoms with Gasteiger partial charge in [0.25, 0.3) is 0 Å². The first-order valence-electron chi connectivity index (χ1n) is 7.63. The molecule has 0 radical (unpaired) electrons. The van der Waals surface area contributed by atoms with E-state index >= 15 is 0 Å². The number of Topliss-reactive ketones (excluding diaryl/α,β-unsaturated/α-hetero) is 1. The third-order valence-electron chi connectivity index (χ3n) is 4.52. The summed E-state index contributed by atoms with van der Waals surface area (Å²) < 4.78 is 0. The van der Waals surface area contributed by atoms with E-state index in [1.807, 2.05) is 42.5 Å². The van der Waals surface area contributed by atoms with E-state index in [1.165, 1.54) is 0 Å². The molecule has 24 heavy (non-hydrogen) atoms. The molecule has 118 valence electrons. The van der Waals surface area contributed by atoms with Gasteiger partial charge in [0.1, 0.15) is 0 Å². The molecule has 0 amide bonds. The lowest BCUT2D eigenvalue weighted by Crippen LogP contribution is -2.45. The van der Waals surface area contributed by atoms with Gasteiger partial charge < -0.3 is 5.32 Å². The smallest absolute Gasteiger partial charge is 0.238 e. The summed E-state index contributed by atoms with van der Waals surface area (Å²) in [5.74, 6) is -0.259. The van der Waals surface area contributed by atoms with Gasteiger partial charge in [-0.2, -0.15) is 0 Å². The highest BCUT2D eigenvalue weighted by Gasteiger charge is 2.50. The summed E-state index contributed by atoms with van der Waals surface area (Å²) >= 11 is 0. The Bertz CT molecular complexity index is 983. The number of hydrogen-bond donors (Lipinski definition) is 1. The number of carbonyl (C=O) groups excluding carboxylic acids is 1. The minimum absolute atomic E-state index is 0.259.